The van der Waals surface area contributed by atoms with Crippen LogP contribution in [-0.4, -0.2) is 76.2 Å². The number of likely N-dealkylation sites (tertiary alicyclic amines) is 1. The summed E-state index contributed by atoms with van der Waals surface area (Å²) in [5.74, 6) is 0.264. The number of nitro benzene ring substituents is 1. The lowest BCUT2D eigenvalue weighted by Gasteiger charge is -2.39. The number of nitrogens with zero attached hydrogens (tertiary/aromatic N) is 3. The van der Waals surface area contributed by atoms with Gasteiger partial charge >= 0.3 is 12.1 Å². The molecule has 0 bridgehead atoms. The molecule has 2 aromatic rings. The van der Waals surface area contributed by atoms with Crippen molar-refractivity contribution in [1.29, 1.82) is 0 Å². The van der Waals surface area contributed by atoms with Crippen LogP contribution in [0.3, 0.4) is 0 Å². The number of carbonyl (C=O) groups excluding carboxylic acids is 1. The molecule has 2 N–H and O–H groups in total. The highest BCUT2D eigenvalue weighted by Gasteiger charge is 2.40. The average Bonchev–Trinajstić information content (AvgIpc) is 3.48. The summed E-state index contributed by atoms with van der Waals surface area (Å²) in [5, 5.41) is 24.7. The van der Waals surface area contributed by atoms with E-state index in [4.69, 9.17) is 4.74 Å². The van der Waals surface area contributed by atoms with Crippen LogP contribution in [0.2, 0.25) is 0 Å². The summed E-state index contributed by atoms with van der Waals surface area (Å²) < 4.78 is 5.60. The third kappa shape index (κ3) is 8.73. The van der Waals surface area contributed by atoms with E-state index in [9.17, 15) is 24.8 Å². The van der Waals surface area contributed by atoms with E-state index in [1.807, 2.05) is 6.07 Å². The Morgan fingerprint density at radius 3 is 2.37 bits per heavy atom. The zero-order valence-corrected chi connectivity index (χ0v) is 26.7. The van der Waals surface area contributed by atoms with Gasteiger partial charge in [0.05, 0.1) is 4.92 Å². The van der Waals surface area contributed by atoms with Gasteiger partial charge in [0.1, 0.15) is 12.6 Å². The molecular weight excluding hydrogens is 584 g/mol. The number of benzene rings is 2. The van der Waals surface area contributed by atoms with Crippen LogP contribution < -0.4 is 5.32 Å². The molecule has 1 aliphatic heterocycles. The summed E-state index contributed by atoms with van der Waals surface area (Å²) in [6.07, 6.45) is 10.3. The molecule has 2 unspecified atom stereocenters. The van der Waals surface area contributed by atoms with Crippen molar-refractivity contribution in [3.63, 3.8) is 0 Å². The molecule has 0 spiro atoms. The first-order valence-corrected chi connectivity index (χ1v) is 16.9. The first-order valence-electron chi connectivity index (χ1n) is 16.9. The number of hydrogen-bond acceptors (Lipinski definition) is 7. The first-order chi connectivity index (χ1) is 22.3. The highest BCUT2D eigenvalue weighted by atomic mass is 16.6. The minimum atomic E-state index is -0.718. The lowest BCUT2D eigenvalue weighted by molar-refractivity contribution is -0.384. The molecule has 0 radical (unpaired) electrons. The second kappa shape index (κ2) is 16.2. The van der Waals surface area contributed by atoms with Crippen LogP contribution in [0.4, 0.5) is 10.5 Å². The maximum Gasteiger partial charge on any atom is 0.410 e. The minimum Gasteiger partial charge on any atom is -0.480 e. The van der Waals surface area contributed by atoms with Crippen molar-refractivity contribution >= 4 is 17.7 Å². The maximum atomic E-state index is 13.1. The predicted octanol–water partition coefficient (Wildman–Crippen LogP) is 6.37. The molecule has 248 valence electrons. The molecule has 1 amide bonds. The summed E-state index contributed by atoms with van der Waals surface area (Å²) in [4.78, 5) is 40.2. The van der Waals surface area contributed by atoms with Gasteiger partial charge in [-0.1, -0.05) is 55.7 Å². The third-order valence-corrected chi connectivity index (χ3v) is 10.3. The number of rotatable bonds is 13. The van der Waals surface area contributed by atoms with E-state index in [1.165, 1.54) is 24.1 Å². The molecule has 1 saturated heterocycles. The Morgan fingerprint density at radius 1 is 1.04 bits per heavy atom. The number of hydrogen-bond donors (Lipinski definition) is 2. The molecule has 3 aliphatic rings. The number of ether oxygens (including phenoxy) is 1. The van der Waals surface area contributed by atoms with E-state index in [1.54, 1.807) is 23.1 Å². The van der Waals surface area contributed by atoms with Crippen LogP contribution in [0.25, 0.3) is 0 Å². The van der Waals surface area contributed by atoms with Crippen molar-refractivity contribution in [2.45, 2.75) is 88.4 Å². The maximum absolute atomic E-state index is 13.1. The summed E-state index contributed by atoms with van der Waals surface area (Å²) in [5.41, 5.74) is 2.01. The highest BCUT2D eigenvalue weighted by Crippen LogP contribution is 2.41. The fraction of sp³-hybridized carbons (Fsp3) is 0.556. The van der Waals surface area contributed by atoms with Crippen molar-refractivity contribution in [3.8, 4) is 0 Å². The summed E-state index contributed by atoms with van der Waals surface area (Å²) in [6, 6.07) is 16.4. The van der Waals surface area contributed by atoms with Crippen molar-refractivity contribution in [3.05, 3.63) is 88.5 Å². The van der Waals surface area contributed by atoms with Gasteiger partial charge in [0.15, 0.2) is 0 Å². The van der Waals surface area contributed by atoms with Gasteiger partial charge < -0.3 is 25.0 Å². The summed E-state index contributed by atoms with van der Waals surface area (Å²) in [7, 11) is 0. The Balaban J connectivity index is 1.17. The van der Waals surface area contributed by atoms with Crippen LogP contribution >= 0.6 is 0 Å². The largest absolute Gasteiger partial charge is 0.480 e. The van der Waals surface area contributed by atoms with E-state index in [2.05, 4.69) is 41.1 Å². The molecule has 2 saturated carbocycles. The monoisotopic (exact) mass is 632 g/mol. The smallest absolute Gasteiger partial charge is 0.410 e. The van der Waals surface area contributed by atoms with Gasteiger partial charge in [-0.15, -0.1) is 6.58 Å². The third-order valence-electron chi connectivity index (χ3n) is 10.3. The Labute approximate surface area is 271 Å². The number of nitro groups is 1. The molecule has 3 fully saturated rings. The molecule has 10 heteroatoms. The Hall–Kier alpha value is -3.76. The van der Waals surface area contributed by atoms with Gasteiger partial charge in [0.25, 0.3) is 5.69 Å². The number of aliphatic carboxylic acids is 1. The predicted molar refractivity (Wildman–Crippen MR) is 176 cm³/mol. The topological polar surface area (TPSA) is 125 Å². The molecule has 2 aromatic carbocycles. The van der Waals surface area contributed by atoms with Crippen molar-refractivity contribution in [2.75, 3.05) is 26.2 Å². The van der Waals surface area contributed by atoms with Crippen molar-refractivity contribution < 1.29 is 24.4 Å². The first kappa shape index (κ1) is 33.6. The quantitative estimate of drug-likeness (QED) is 0.148. The van der Waals surface area contributed by atoms with Crippen LogP contribution in [-0.2, 0) is 16.1 Å². The lowest BCUT2D eigenvalue weighted by Crippen LogP contribution is -2.49. The zero-order valence-electron chi connectivity index (χ0n) is 26.7. The standard InChI is InChI=1S/C36H48N4O6/c1-2-19-39(36(43)46-25-26-13-15-32(16-14-26)40(44)45)31-17-20-38(21-18-31)24-29-22-30(23-33(29)27-9-5-3-6-10-27)37-34(35(41)42)28-11-7-4-8-12-28/h2-3,5-6,9-10,13-16,28-31,33-34,37H,1,4,7-8,11-12,17-25H2,(H,41,42)/t29-,30?,33-,34?/m1/s1. The summed E-state index contributed by atoms with van der Waals surface area (Å²) in [6.45, 7) is 6.95. The molecule has 1 heterocycles. The average molecular weight is 633 g/mol. The fourth-order valence-corrected chi connectivity index (χ4v) is 7.90. The second-order valence-corrected chi connectivity index (χ2v) is 13.3. The zero-order chi connectivity index (χ0) is 32.5. The van der Waals surface area contributed by atoms with Crippen LogP contribution in [0.1, 0.15) is 74.8 Å². The van der Waals surface area contributed by atoms with E-state index >= 15 is 0 Å². The second-order valence-electron chi connectivity index (χ2n) is 13.3. The molecule has 0 aromatic heterocycles. The molecule has 5 rings (SSSR count). The van der Waals surface area contributed by atoms with Crippen molar-refractivity contribution in [2.24, 2.45) is 11.8 Å². The van der Waals surface area contributed by atoms with Gasteiger partial charge in [-0.25, -0.2) is 4.79 Å². The van der Waals surface area contributed by atoms with Gasteiger partial charge in [-0.05, 0) is 79.5 Å². The normalized spacial score (nSPS) is 23.4. The summed E-state index contributed by atoms with van der Waals surface area (Å²) >= 11 is 0. The van der Waals surface area contributed by atoms with E-state index in [-0.39, 0.29) is 30.3 Å². The molecule has 4 atom stereocenters. The minimum absolute atomic E-state index is 0.00139. The molecule has 2 aliphatic carbocycles. The van der Waals surface area contributed by atoms with Gasteiger partial charge in [-0.3, -0.25) is 14.9 Å². The number of carbonyl (C=O) groups is 2. The van der Waals surface area contributed by atoms with Crippen LogP contribution in [0.15, 0.2) is 67.3 Å². The van der Waals surface area contributed by atoms with Crippen molar-refractivity contribution in [1.82, 2.24) is 15.1 Å². The Morgan fingerprint density at radius 2 is 1.74 bits per heavy atom. The number of nitrogens with one attached hydrogen (secondary N) is 1. The van der Waals surface area contributed by atoms with E-state index < -0.39 is 23.0 Å². The fourth-order valence-electron chi connectivity index (χ4n) is 7.90. The molecule has 46 heavy (non-hydrogen) atoms. The Bertz CT molecular complexity index is 1310. The number of carboxylic acid groups (broad SMARTS) is 1. The van der Waals surface area contributed by atoms with Crippen LogP contribution in [0, 0.1) is 22.0 Å². The Kier molecular flexibility index (Phi) is 11.8. The van der Waals surface area contributed by atoms with Crippen LogP contribution in [0.5, 0.6) is 0 Å². The van der Waals surface area contributed by atoms with Gasteiger partial charge in [0, 0.05) is 50.4 Å². The van der Waals surface area contributed by atoms with E-state index in [0.29, 0.717) is 23.9 Å². The highest BCUT2D eigenvalue weighted by molar-refractivity contribution is 5.74. The van der Waals surface area contributed by atoms with Gasteiger partial charge in [-0.2, -0.15) is 0 Å². The SMILES string of the molecule is C=CCN(C(=O)OCc1ccc([N+](=O)[O-])cc1)C1CCN(C[C@H]2CC(NC(C(=O)O)C3CCCCC3)C[C@@H]2c2ccccc2)CC1. The van der Waals surface area contributed by atoms with E-state index in [0.717, 1.165) is 71.0 Å². The molecular formula is C36H48N4O6. The lowest BCUT2D eigenvalue weighted by atomic mass is 9.83. The number of amides is 1. The number of non-ortho nitro benzene ring substituents is 1. The number of piperidine rings is 1. The van der Waals surface area contributed by atoms with Gasteiger partial charge in [0.2, 0.25) is 0 Å². The molecule has 10 nitrogen and oxygen atoms in total. The number of carboxylic acids is 1.